The van der Waals surface area contributed by atoms with E-state index >= 15 is 0 Å². The van der Waals surface area contributed by atoms with Crippen LogP contribution in [0.1, 0.15) is 11.3 Å². The van der Waals surface area contributed by atoms with Crippen molar-refractivity contribution in [1.82, 2.24) is 10.3 Å². The molecule has 0 spiro atoms. The number of fused-ring (bicyclic) bond motifs is 1. The molecule has 0 atom stereocenters. The number of amides is 1. The molecule has 0 aliphatic carbocycles. The molecule has 1 amide bonds. The topological polar surface area (TPSA) is 81.8 Å². The Bertz CT molecular complexity index is 1260. The summed E-state index contributed by atoms with van der Waals surface area (Å²) < 4.78 is 18.7. The summed E-state index contributed by atoms with van der Waals surface area (Å²) in [5, 5.41) is 13.3. The highest BCUT2D eigenvalue weighted by Gasteiger charge is 2.11. The van der Waals surface area contributed by atoms with Crippen LogP contribution in [0.4, 0.5) is 4.39 Å². The van der Waals surface area contributed by atoms with Gasteiger partial charge in [-0.1, -0.05) is 18.2 Å². The summed E-state index contributed by atoms with van der Waals surface area (Å²) in [5.74, 6) is 0.106. The average molecular weight is 399 g/mol. The van der Waals surface area contributed by atoms with E-state index in [1.807, 2.05) is 36.5 Å². The van der Waals surface area contributed by atoms with Crippen molar-refractivity contribution in [2.24, 2.45) is 0 Å². The van der Waals surface area contributed by atoms with Gasteiger partial charge in [-0.05, 0) is 54.4 Å². The first-order chi connectivity index (χ1) is 14.6. The lowest BCUT2D eigenvalue weighted by Crippen LogP contribution is -2.26. The molecule has 2 N–H and O–H groups in total. The van der Waals surface area contributed by atoms with Crippen LogP contribution in [0, 0.1) is 17.1 Å². The molecule has 0 fully saturated rings. The van der Waals surface area contributed by atoms with Gasteiger partial charge in [0.15, 0.2) is 0 Å². The number of H-pyrrole nitrogens is 1. The minimum Gasteiger partial charge on any atom is -0.457 e. The number of benzene rings is 2. The van der Waals surface area contributed by atoms with E-state index in [-0.39, 0.29) is 11.4 Å². The van der Waals surface area contributed by atoms with Crippen LogP contribution >= 0.6 is 0 Å². The standard InChI is InChI=1S/C24H18FN3O2/c25-19-7-5-16(6-8-19)23-10-9-20(30-23)13-18(14-26)24(29)27-12-11-17-15-28-22-4-2-1-3-21(17)22/h1-10,13,15,28H,11-12H2,(H,27,29)/b18-13-. The number of hydrogen-bond donors (Lipinski definition) is 2. The van der Waals surface area contributed by atoms with Crippen LogP contribution < -0.4 is 5.32 Å². The van der Waals surface area contributed by atoms with Gasteiger partial charge in [0, 0.05) is 35.3 Å². The SMILES string of the molecule is N#C/C(=C/c1ccc(-c2ccc(F)cc2)o1)C(=O)NCCc1c[nH]c2ccccc12. The second-order valence-electron chi connectivity index (χ2n) is 6.74. The van der Waals surface area contributed by atoms with Gasteiger partial charge in [-0.25, -0.2) is 4.39 Å². The van der Waals surface area contributed by atoms with Gasteiger partial charge in [-0.2, -0.15) is 5.26 Å². The van der Waals surface area contributed by atoms with Crippen molar-refractivity contribution in [3.63, 3.8) is 0 Å². The third-order valence-electron chi connectivity index (χ3n) is 4.76. The van der Waals surface area contributed by atoms with Gasteiger partial charge in [0.1, 0.15) is 29.0 Å². The number of para-hydroxylation sites is 1. The van der Waals surface area contributed by atoms with Gasteiger partial charge in [-0.15, -0.1) is 0 Å². The van der Waals surface area contributed by atoms with Gasteiger partial charge >= 0.3 is 0 Å². The molecule has 0 aliphatic rings. The molecule has 6 heteroatoms. The van der Waals surface area contributed by atoms with Crippen molar-refractivity contribution in [2.75, 3.05) is 6.54 Å². The third-order valence-corrected chi connectivity index (χ3v) is 4.76. The Morgan fingerprint density at radius 3 is 2.73 bits per heavy atom. The molecule has 2 aromatic heterocycles. The summed E-state index contributed by atoms with van der Waals surface area (Å²) in [7, 11) is 0. The normalized spacial score (nSPS) is 11.4. The van der Waals surface area contributed by atoms with Crippen LogP contribution in [-0.2, 0) is 11.2 Å². The van der Waals surface area contributed by atoms with Crippen LogP contribution in [0.5, 0.6) is 0 Å². The van der Waals surface area contributed by atoms with Crippen molar-refractivity contribution in [3.8, 4) is 17.4 Å². The molecule has 0 radical (unpaired) electrons. The molecule has 0 saturated carbocycles. The maximum atomic E-state index is 13.1. The lowest BCUT2D eigenvalue weighted by Gasteiger charge is -2.03. The van der Waals surface area contributed by atoms with Crippen molar-refractivity contribution >= 4 is 22.9 Å². The molecule has 2 aromatic carbocycles. The largest absolute Gasteiger partial charge is 0.457 e. The van der Waals surface area contributed by atoms with Crippen LogP contribution in [0.15, 0.2) is 76.9 Å². The number of nitriles is 1. The molecule has 5 nitrogen and oxygen atoms in total. The fourth-order valence-corrected chi connectivity index (χ4v) is 3.23. The Labute approximate surface area is 172 Å². The molecule has 4 rings (SSSR count). The van der Waals surface area contributed by atoms with Gasteiger partial charge < -0.3 is 14.7 Å². The zero-order valence-corrected chi connectivity index (χ0v) is 16.0. The molecule has 2 heterocycles. The Hall–Kier alpha value is -4.11. The monoisotopic (exact) mass is 399 g/mol. The average Bonchev–Trinajstić information content (AvgIpc) is 3.40. The van der Waals surface area contributed by atoms with Crippen LogP contribution in [0.3, 0.4) is 0 Å². The minimum atomic E-state index is -0.461. The summed E-state index contributed by atoms with van der Waals surface area (Å²) in [4.78, 5) is 15.6. The highest BCUT2D eigenvalue weighted by Crippen LogP contribution is 2.23. The summed E-state index contributed by atoms with van der Waals surface area (Å²) in [6.45, 7) is 0.401. The molecule has 148 valence electrons. The first-order valence-electron chi connectivity index (χ1n) is 9.45. The van der Waals surface area contributed by atoms with E-state index in [4.69, 9.17) is 4.42 Å². The summed E-state index contributed by atoms with van der Waals surface area (Å²) in [5.41, 5.74) is 2.81. The molecular weight excluding hydrogens is 381 g/mol. The number of furan rings is 1. The van der Waals surface area contributed by atoms with E-state index in [1.54, 1.807) is 24.3 Å². The maximum absolute atomic E-state index is 13.1. The summed E-state index contributed by atoms with van der Waals surface area (Å²) >= 11 is 0. The molecule has 0 unspecified atom stereocenters. The highest BCUT2D eigenvalue weighted by atomic mass is 19.1. The van der Waals surface area contributed by atoms with Crippen LogP contribution in [0.2, 0.25) is 0 Å². The first-order valence-corrected chi connectivity index (χ1v) is 9.45. The summed E-state index contributed by atoms with van der Waals surface area (Å²) in [6.07, 6.45) is 3.97. The van der Waals surface area contributed by atoms with Gasteiger partial charge in [0.05, 0.1) is 0 Å². The molecular formula is C24H18FN3O2. The van der Waals surface area contributed by atoms with E-state index in [2.05, 4.69) is 10.3 Å². The van der Waals surface area contributed by atoms with Crippen molar-refractivity contribution < 1.29 is 13.6 Å². The minimum absolute atomic E-state index is 0.0473. The number of hydrogen-bond acceptors (Lipinski definition) is 3. The number of halogens is 1. The van der Waals surface area contributed by atoms with Crippen molar-refractivity contribution in [3.05, 3.63) is 89.6 Å². The van der Waals surface area contributed by atoms with E-state index in [0.29, 0.717) is 30.0 Å². The fraction of sp³-hybridized carbons (Fsp3) is 0.0833. The zero-order chi connectivity index (χ0) is 20.9. The first kappa shape index (κ1) is 19.2. The van der Waals surface area contributed by atoms with Crippen molar-refractivity contribution in [2.45, 2.75) is 6.42 Å². The predicted octanol–water partition coefficient (Wildman–Crippen LogP) is 4.83. The maximum Gasteiger partial charge on any atom is 0.262 e. The van der Waals surface area contributed by atoms with Gasteiger partial charge in [0.25, 0.3) is 5.91 Å². The molecule has 0 aliphatic heterocycles. The van der Waals surface area contributed by atoms with E-state index in [1.165, 1.54) is 18.2 Å². The fourth-order valence-electron chi connectivity index (χ4n) is 3.23. The number of aromatic nitrogens is 1. The number of rotatable bonds is 6. The Kier molecular flexibility index (Phi) is 5.44. The second kappa shape index (κ2) is 8.50. The predicted molar refractivity (Wildman–Crippen MR) is 113 cm³/mol. The number of nitrogens with one attached hydrogen (secondary N) is 2. The van der Waals surface area contributed by atoms with Gasteiger partial charge in [0.2, 0.25) is 0 Å². The Balaban J connectivity index is 1.41. The lowest BCUT2D eigenvalue weighted by molar-refractivity contribution is -0.117. The second-order valence-corrected chi connectivity index (χ2v) is 6.74. The summed E-state index contributed by atoms with van der Waals surface area (Å²) in [6, 6.07) is 19.1. The quantitative estimate of drug-likeness (QED) is 0.360. The molecule has 0 saturated heterocycles. The highest BCUT2D eigenvalue weighted by molar-refractivity contribution is 6.01. The number of carbonyl (C=O) groups excluding carboxylic acids is 1. The number of aromatic amines is 1. The smallest absolute Gasteiger partial charge is 0.262 e. The van der Waals surface area contributed by atoms with E-state index in [0.717, 1.165) is 16.5 Å². The van der Waals surface area contributed by atoms with Gasteiger partial charge in [-0.3, -0.25) is 4.79 Å². The third kappa shape index (κ3) is 4.15. The molecule has 0 bridgehead atoms. The molecule has 4 aromatic rings. The van der Waals surface area contributed by atoms with E-state index < -0.39 is 5.91 Å². The lowest BCUT2D eigenvalue weighted by atomic mass is 10.1. The Morgan fingerprint density at radius 1 is 1.13 bits per heavy atom. The van der Waals surface area contributed by atoms with E-state index in [9.17, 15) is 14.4 Å². The Morgan fingerprint density at radius 2 is 1.93 bits per heavy atom. The number of nitrogens with zero attached hydrogens (tertiary/aromatic N) is 1. The van der Waals surface area contributed by atoms with Crippen LogP contribution in [-0.4, -0.2) is 17.4 Å². The van der Waals surface area contributed by atoms with Crippen molar-refractivity contribution in [1.29, 1.82) is 5.26 Å². The van der Waals surface area contributed by atoms with Crippen LogP contribution in [0.25, 0.3) is 28.3 Å². The zero-order valence-electron chi connectivity index (χ0n) is 16.0. The molecule has 30 heavy (non-hydrogen) atoms. The number of carbonyl (C=O) groups is 1.